The zero-order valence-electron chi connectivity index (χ0n) is 14.7. The molecular formula is C18H25N3O2S2. The van der Waals surface area contributed by atoms with Crippen molar-refractivity contribution in [3.8, 4) is 9.88 Å². The molecule has 1 atom stereocenters. The third-order valence-corrected chi connectivity index (χ3v) is 5.93. The zero-order valence-corrected chi connectivity index (χ0v) is 16.4. The standard InChI is InChI=1S/C18H25N3O2S2/c1-13(2)10-21-5-6-23-15(11-21)9-19-17(22)8-14-12-25-18(20-14)16-4-3-7-24-16/h3-4,7,12-13,15H,5-6,8-11H2,1-2H3,(H,19,22). The Morgan fingerprint density at radius 2 is 2.36 bits per heavy atom. The van der Waals surface area contributed by atoms with Gasteiger partial charge in [-0.25, -0.2) is 4.98 Å². The Hall–Kier alpha value is -1.28. The summed E-state index contributed by atoms with van der Waals surface area (Å²) in [5.41, 5.74) is 0.830. The summed E-state index contributed by atoms with van der Waals surface area (Å²) in [6, 6.07) is 4.07. The minimum absolute atomic E-state index is 0.00705. The smallest absolute Gasteiger partial charge is 0.226 e. The molecule has 2 aromatic rings. The van der Waals surface area contributed by atoms with Crippen molar-refractivity contribution < 1.29 is 9.53 Å². The number of hydrogen-bond donors (Lipinski definition) is 1. The summed E-state index contributed by atoms with van der Waals surface area (Å²) >= 11 is 3.26. The number of aromatic nitrogens is 1. The number of hydrogen-bond acceptors (Lipinski definition) is 6. The Morgan fingerprint density at radius 3 is 3.12 bits per heavy atom. The summed E-state index contributed by atoms with van der Waals surface area (Å²) in [6.07, 6.45) is 0.401. The van der Waals surface area contributed by atoms with Gasteiger partial charge in [-0.1, -0.05) is 19.9 Å². The third-order valence-electron chi connectivity index (χ3n) is 4.00. The van der Waals surface area contributed by atoms with Crippen LogP contribution < -0.4 is 5.32 Å². The van der Waals surface area contributed by atoms with E-state index in [1.165, 1.54) is 0 Å². The van der Waals surface area contributed by atoms with Crippen LogP contribution in [0.15, 0.2) is 22.9 Å². The zero-order chi connectivity index (χ0) is 17.6. The molecule has 0 radical (unpaired) electrons. The molecule has 0 bridgehead atoms. The molecule has 1 amide bonds. The van der Waals surface area contributed by atoms with Gasteiger partial charge in [-0.2, -0.15) is 0 Å². The highest BCUT2D eigenvalue weighted by atomic mass is 32.1. The number of carbonyl (C=O) groups is 1. The lowest BCUT2D eigenvalue weighted by atomic mass is 10.2. The van der Waals surface area contributed by atoms with Gasteiger partial charge in [-0.3, -0.25) is 9.69 Å². The SMILES string of the molecule is CC(C)CN1CCOC(CNC(=O)Cc2csc(-c3cccs3)n2)C1. The first-order valence-electron chi connectivity index (χ1n) is 8.69. The average Bonchev–Trinajstić information content (AvgIpc) is 3.24. The minimum atomic E-state index is 0.00705. The molecule has 7 heteroatoms. The fraction of sp³-hybridized carbons (Fsp3) is 0.556. The van der Waals surface area contributed by atoms with Crippen molar-refractivity contribution in [1.29, 1.82) is 0 Å². The van der Waals surface area contributed by atoms with Gasteiger partial charge in [-0.05, 0) is 17.4 Å². The van der Waals surface area contributed by atoms with Crippen LogP contribution in [0.4, 0.5) is 0 Å². The summed E-state index contributed by atoms with van der Waals surface area (Å²) in [6.45, 7) is 8.71. The summed E-state index contributed by atoms with van der Waals surface area (Å²) in [7, 11) is 0. The second-order valence-corrected chi connectivity index (χ2v) is 8.55. The van der Waals surface area contributed by atoms with E-state index in [0.717, 1.165) is 41.8 Å². The monoisotopic (exact) mass is 379 g/mol. The van der Waals surface area contributed by atoms with Crippen LogP contribution in [-0.4, -0.2) is 54.7 Å². The highest BCUT2D eigenvalue weighted by molar-refractivity contribution is 7.20. The quantitative estimate of drug-likeness (QED) is 0.804. The van der Waals surface area contributed by atoms with Crippen molar-refractivity contribution in [2.45, 2.75) is 26.4 Å². The Balaban J connectivity index is 1.43. The van der Waals surface area contributed by atoms with Gasteiger partial charge in [0.25, 0.3) is 0 Å². The molecule has 1 aliphatic heterocycles. The van der Waals surface area contributed by atoms with Crippen LogP contribution in [0.2, 0.25) is 0 Å². The number of ether oxygens (including phenoxy) is 1. The molecule has 5 nitrogen and oxygen atoms in total. The van der Waals surface area contributed by atoms with E-state index < -0.39 is 0 Å². The van der Waals surface area contributed by atoms with Crippen molar-refractivity contribution in [3.63, 3.8) is 0 Å². The number of morpholine rings is 1. The van der Waals surface area contributed by atoms with Gasteiger partial charge in [-0.15, -0.1) is 22.7 Å². The molecule has 25 heavy (non-hydrogen) atoms. The number of nitrogens with zero attached hydrogens (tertiary/aromatic N) is 2. The lowest BCUT2D eigenvalue weighted by Crippen LogP contribution is -2.48. The average molecular weight is 380 g/mol. The number of nitrogens with one attached hydrogen (secondary N) is 1. The topological polar surface area (TPSA) is 54.5 Å². The van der Waals surface area contributed by atoms with Crippen molar-refractivity contribution >= 4 is 28.6 Å². The maximum atomic E-state index is 12.2. The molecule has 0 spiro atoms. The predicted molar refractivity (Wildman–Crippen MR) is 103 cm³/mol. The number of carbonyl (C=O) groups excluding carboxylic acids is 1. The first-order valence-corrected chi connectivity index (χ1v) is 10.4. The lowest BCUT2D eigenvalue weighted by molar-refractivity contribution is -0.121. The Bertz CT molecular complexity index is 670. The van der Waals surface area contributed by atoms with E-state index in [2.05, 4.69) is 35.1 Å². The molecule has 0 saturated carbocycles. The molecule has 1 fully saturated rings. The van der Waals surface area contributed by atoms with E-state index in [1.54, 1.807) is 22.7 Å². The summed E-state index contributed by atoms with van der Waals surface area (Å²) < 4.78 is 5.77. The van der Waals surface area contributed by atoms with Crippen molar-refractivity contribution in [3.05, 3.63) is 28.6 Å². The van der Waals surface area contributed by atoms with Gasteiger partial charge in [0.15, 0.2) is 0 Å². The number of rotatable bonds is 7. The largest absolute Gasteiger partial charge is 0.374 e. The second kappa shape index (κ2) is 8.89. The van der Waals surface area contributed by atoms with Crippen molar-refractivity contribution in [1.82, 2.24) is 15.2 Å². The molecule has 0 aromatic carbocycles. The summed E-state index contributed by atoms with van der Waals surface area (Å²) in [4.78, 5) is 20.3. The van der Waals surface area contributed by atoms with Gasteiger partial charge in [0.1, 0.15) is 5.01 Å². The molecule has 1 unspecified atom stereocenters. The van der Waals surface area contributed by atoms with Gasteiger partial charge >= 0.3 is 0 Å². The normalized spacial score (nSPS) is 18.6. The number of thiophene rings is 1. The van der Waals surface area contributed by atoms with Gasteiger partial charge in [0.2, 0.25) is 5.91 Å². The molecule has 136 valence electrons. The highest BCUT2D eigenvalue weighted by Crippen LogP contribution is 2.27. The van der Waals surface area contributed by atoms with Crippen LogP contribution in [-0.2, 0) is 16.0 Å². The third kappa shape index (κ3) is 5.60. The molecule has 1 saturated heterocycles. The molecule has 1 N–H and O–H groups in total. The molecule has 3 heterocycles. The van der Waals surface area contributed by atoms with Crippen LogP contribution in [0, 0.1) is 5.92 Å². The van der Waals surface area contributed by atoms with Crippen LogP contribution in [0.3, 0.4) is 0 Å². The van der Waals surface area contributed by atoms with Crippen LogP contribution >= 0.6 is 22.7 Å². The maximum Gasteiger partial charge on any atom is 0.226 e. The number of amides is 1. The van der Waals surface area contributed by atoms with E-state index >= 15 is 0 Å². The Kier molecular flexibility index (Phi) is 6.58. The van der Waals surface area contributed by atoms with Crippen LogP contribution in [0.25, 0.3) is 9.88 Å². The Labute approximate surface area is 157 Å². The summed E-state index contributed by atoms with van der Waals surface area (Å²) in [5.74, 6) is 0.656. The summed E-state index contributed by atoms with van der Waals surface area (Å²) in [5, 5.41) is 7.99. The maximum absolute atomic E-state index is 12.2. The van der Waals surface area contributed by atoms with Gasteiger partial charge in [0, 0.05) is 31.6 Å². The van der Waals surface area contributed by atoms with Gasteiger partial charge in [0.05, 0.1) is 29.7 Å². The minimum Gasteiger partial charge on any atom is -0.374 e. The second-order valence-electron chi connectivity index (χ2n) is 6.75. The number of thiazole rings is 1. The van der Waals surface area contributed by atoms with Gasteiger partial charge < -0.3 is 10.1 Å². The predicted octanol–water partition coefficient (Wildman–Crippen LogP) is 2.89. The van der Waals surface area contributed by atoms with E-state index in [-0.39, 0.29) is 12.0 Å². The molecular weight excluding hydrogens is 354 g/mol. The fourth-order valence-corrected chi connectivity index (χ4v) is 4.58. The Morgan fingerprint density at radius 1 is 1.48 bits per heavy atom. The first kappa shape index (κ1) is 18.5. The lowest BCUT2D eigenvalue weighted by Gasteiger charge is -2.33. The van der Waals surface area contributed by atoms with E-state index in [9.17, 15) is 4.79 Å². The van der Waals surface area contributed by atoms with E-state index in [0.29, 0.717) is 18.9 Å². The molecule has 0 aliphatic carbocycles. The first-order chi connectivity index (χ1) is 12.1. The van der Waals surface area contributed by atoms with Crippen LogP contribution in [0.1, 0.15) is 19.5 Å². The fourth-order valence-electron chi connectivity index (χ4n) is 2.94. The van der Waals surface area contributed by atoms with Crippen LogP contribution in [0.5, 0.6) is 0 Å². The molecule has 3 rings (SSSR count). The molecule has 2 aromatic heterocycles. The van der Waals surface area contributed by atoms with E-state index in [4.69, 9.17) is 4.74 Å². The molecule has 1 aliphatic rings. The van der Waals surface area contributed by atoms with Crippen molar-refractivity contribution in [2.75, 3.05) is 32.8 Å². The van der Waals surface area contributed by atoms with E-state index in [1.807, 2.05) is 16.8 Å². The van der Waals surface area contributed by atoms with Crippen molar-refractivity contribution in [2.24, 2.45) is 5.92 Å². The highest BCUT2D eigenvalue weighted by Gasteiger charge is 2.21.